The minimum atomic E-state index is -1.27. The van der Waals surface area contributed by atoms with Crippen LogP contribution in [0.25, 0.3) is 0 Å². The zero-order valence-electron chi connectivity index (χ0n) is 40.7. The number of ether oxygens (including phenoxy) is 4. The van der Waals surface area contributed by atoms with Gasteiger partial charge in [-0.3, -0.25) is 28.8 Å². The number of hydrogen-bond acceptors (Lipinski definition) is 14. The molecule has 8 atom stereocenters. The van der Waals surface area contributed by atoms with E-state index in [0.717, 1.165) is 0 Å². The average molecular weight is 889 g/mol. The Bertz CT molecular complexity index is 1260. The molecule has 0 bridgehead atoms. The third kappa shape index (κ3) is 13.1. The van der Waals surface area contributed by atoms with Gasteiger partial charge in [-0.1, -0.05) is 83.1 Å². The van der Waals surface area contributed by atoms with Gasteiger partial charge in [0, 0.05) is 24.9 Å². The second-order valence-corrected chi connectivity index (χ2v) is 19.0. The number of hydrogen-bond donors (Lipinski definition) is 6. The lowest BCUT2D eigenvalue weighted by Gasteiger charge is -2.47. The van der Waals surface area contributed by atoms with Gasteiger partial charge in [-0.2, -0.15) is 0 Å². The van der Waals surface area contributed by atoms with E-state index in [0.29, 0.717) is 0 Å². The Labute approximate surface area is 371 Å². The van der Waals surface area contributed by atoms with E-state index in [1.807, 2.05) is 55.4 Å². The van der Waals surface area contributed by atoms with Crippen molar-refractivity contribution in [3.05, 3.63) is 0 Å². The van der Waals surface area contributed by atoms with Crippen LogP contribution in [0.3, 0.4) is 0 Å². The van der Waals surface area contributed by atoms with Gasteiger partial charge in [0.1, 0.15) is 26.4 Å². The molecule has 0 aromatic heterocycles. The van der Waals surface area contributed by atoms with Crippen molar-refractivity contribution in [1.82, 2.24) is 10.6 Å². The van der Waals surface area contributed by atoms with Crippen molar-refractivity contribution >= 4 is 35.7 Å². The summed E-state index contributed by atoms with van der Waals surface area (Å²) in [6.07, 6.45) is 0. The summed E-state index contributed by atoms with van der Waals surface area (Å²) in [6, 6.07) is 0. The Kier molecular flexibility index (Phi) is 24.4. The second-order valence-electron chi connectivity index (χ2n) is 19.0. The highest BCUT2D eigenvalue weighted by atomic mass is 16.6. The van der Waals surface area contributed by atoms with Gasteiger partial charge >= 0.3 is 23.9 Å². The molecule has 6 N–H and O–H groups in total. The third-order valence-electron chi connectivity index (χ3n) is 15.1. The topological polar surface area (TPSA) is 244 Å². The van der Waals surface area contributed by atoms with Crippen LogP contribution in [0.4, 0.5) is 0 Å². The molecule has 0 spiro atoms. The van der Waals surface area contributed by atoms with Crippen LogP contribution in [0.2, 0.25) is 0 Å². The fourth-order valence-corrected chi connectivity index (χ4v) is 8.84. The number of esters is 4. The maximum absolute atomic E-state index is 14.6. The Morgan fingerprint density at radius 1 is 0.387 bits per heavy atom. The van der Waals surface area contributed by atoms with Crippen molar-refractivity contribution in [3.63, 3.8) is 0 Å². The van der Waals surface area contributed by atoms with Crippen LogP contribution in [-0.4, -0.2) is 122 Å². The third-order valence-corrected chi connectivity index (χ3v) is 15.1. The largest absolute Gasteiger partial charge is 0.463 e. The van der Waals surface area contributed by atoms with E-state index in [9.17, 15) is 49.2 Å². The van der Waals surface area contributed by atoms with E-state index in [4.69, 9.17) is 18.9 Å². The number of nitrogens with one attached hydrogen (secondary N) is 2. The molecule has 0 aromatic rings. The Balaban J connectivity index is 7.24. The normalized spacial score (nSPS) is 18.8. The summed E-state index contributed by atoms with van der Waals surface area (Å²) in [6.45, 7) is 25.7. The van der Waals surface area contributed by atoms with Crippen molar-refractivity contribution in [3.8, 4) is 0 Å². The van der Waals surface area contributed by atoms with Crippen molar-refractivity contribution in [1.29, 1.82) is 0 Å². The van der Waals surface area contributed by atoms with Crippen LogP contribution in [0, 0.1) is 80.8 Å². The van der Waals surface area contributed by atoms with Gasteiger partial charge in [-0.25, -0.2) is 0 Å². The molecule has 0 aliphatic rings. The quantitative estimate of drug-likeness (QED) is 0.0356. The van der Waals surface area contributed by atoms with E-state index in [1.54, 1.807) is 55.4 Å². The minimum absolute atomic E-state index is 0.0866. The molecular weight excluding hydrogens is 805 g/mol. The summed E-state index contributed by atoms with van der Waals surface area (Å²) in [5.74, 6) is -9.86. The van der Waals surface area contributed by atoms with Crippen LogP contribution < -0.4 is 10.6 Å². The Hall–Kier alpha value is -3.34. The van der Waals surface area contributed by atoms with Crippen LogP contribution in [0.1, 0.15) is 111 Å². The van der Waals surface area contributed by atoms with Gasteiger partial charge in [-0.05, 0) is 75.0 Å². The average Bonchev–Trinajstić information content (AvgIpc) is 3.22. The molecule has 0 saturated carbocycles. The van der Waals surface area contributed by atoms with E-state index in [2.05, 4.69) is 10.6 Å². The maximum atomic E-state index is 14.6. The van der Waals surface area contributed by atoms with Gasteiger partial charge in [0.15, 0.2) is 0 Å². The van der Waals surface area contributed by atoms with E-state index >= 15 is 0 Å². The van der Waals surface area contributed by atoms with Crippen LogP contribution in [-0.2, 0) is 47.7 Å². The number of amides is 2. The summed E-state index contributed by atoms with van der Waals surface area (Å²) in [4.78, 5) is 84.1. The molecule has 0 aliphatic carbocycles. The summed E-state index contributed by atoms with van der Waals surface area (Å²) < 4.78 is 21.8. The number of rotatable bonds is 29. The van der Waals surface area contributed by atoms with Gasteiger partial charge in [0.2, 0.25) is 11.8 Å². The SMILES string of the molecule is CC(C)C(C)(C(=O)OCCO)C(C)C(C(=O)NCCNC(=O)C(C(C)C(C)(C(=O)OCCO)C(C)C)C(C)C(C)(C(=O)OCCO)C(C)C)C(C)C(C)(C(=O)OCCO)C(C)C. The lowest BCUT2D eigenvalue weighted by Crippen LogP contribution is -2.55. The van der Waals surface area contributed by atoms with Gasteiger partial charge in [0.05, 0.1) is 48.1 Å². The molecule has 62 heavy (non-hydrogen) atoms. The number of carbonyl (C=O) groups is 6. The Morgan fingerprint density at radius 2 is 0.565 bits per heavy atom. The molecule has 0 aliphatic heterocycles. The summed E-state index contributed by atoms with van der Waals surface area (Å²) in [5, 5.41) is 43.6. The summed E-state index contributed by atoms with van der Waals surface area (Å²) >= 11 is 0. The molecule has 16 nitrogen and oxygen atoms in total. The fraction of sp³-hybridized carbons (Fsp3) is 0.870. The predicted octanol–water partition coefficient (Wildman–Crippen LogP) is 3.79. The van der Waals surface area contributed by atoms with Gasteiger partial charge in [-0.15, -0.1) is 0 Å². The van der Waals surface area contributed by atoms with E-state index < -0.39 is 119 Å². The van der Waals surface area contributed by atoms with Crippen molar-refractivity contribution < 1.29 is 68.1 Å². The number of carbonyl (C=O) groups excluding carboxylic acids is 6. The lowest BCUT2D eigenvalue weighted by atomic mass is 9.56. The van der Waals surface area contributed by atoms with Gasteiger partial charge in [0.25, 0.3) is 0 Å². The van der Waals surface area contributed by atoms with Gasteiger partial charge < -0.3 is 50.0 Å². The molecule has 8 unspecified atom stereocenters. The highest BCUT2D eigenvalue weighted by molar-refractivity contribution is 5.86. The van der Waals surface area contributed by atoms with Crippen LogP contribution in [0.5, 0.6) is 0 Å². The predicted molar refractivity (Wildman–Crippen MR) is 234 cm³/mol. The van der Waals surface area contributed by atoms with Crippen molar-refractivity contribution in [2.24, 2.45) is 80.8 Å². The molecule has 362 valence electrons. The first kappa shape index (κ1) is 58.7. The first-order valence-corrected chi connectivity index (χ1v) is 22.3. The monoisotopic (exact) mass is 889 g/mol. The lowest BCUT2D eigenvalue weighted by molar-refractivity contribution is -0.174. The zero-order chi connectivity index (χ0) is 48.6. The summed E-state index contributed by atoms with van der Waals surface area (Å²) in [5.41, 5.74) is -5.08. The van der Waals surface area contributed by atoms with E-state index in [-0.39, 0.29) is 63.2 Å². The number of aliphatic hydroxyl groups is 4. The zero-order valence-corrected chi connectivity index (χ0v) is 40.7. The van der Waals surface area contributed by atoms with Crippen LogP contribution >= 0.6 is 0 Å². The maximum Gasteiger partial charge on any atom is 0.312 e. The molecule has 0 rings (SSSR count). The molecule has 16 heteroatoms. The van der Waals surface area contributed by atoms with Crippen molar-refractivity contribution in [2.45, 2.75) is 111 Å². The summed E-state index contributed by atoms with van der Waals surface area (Å²) in [7, 11) is 0. The minimum Gasteiger partial charge on any atom is -0.463 e. The molecule has 2 amide bonds. The van der Waals surface area contributed by atoms with E-state index in [1.165, 1.54) is 0 Å². The van der Waals surface area contributed by atoms with Crippen molar-refractivity contribution in [2.75, 3.05) is 65.9 Å². The molecular formula is C46H84N2O14. The highest BCUT2D eigenvalue weighted by Crippen LogP contribution is 2.51. The molecule has 0 radical (unpaired) electrons. The highest BCUT2D eigenvalue weighted by Gasteiger charge is 2.57. The molecule has 0 aromatic carbocycles. The number of aliphatic hydroxyl groups excluding tert-OH is 4. The van der Waals surface area contributed by atoms with Crippen LogP contribution in [0.15, 0.2) is 0 Å². The first-order valence-electron chi connectivity index (χ1n) is 22.3. The Morgan fingerprint density at radius 3 is 0.710 bits per heavy atom. The second kappa shape index (κ2) is 25.8. The molecule has 0 fully saturated rings. The fourth-order valence-electron chi connectivity index (χ4n) is 8.84. The molecule has 0 saturated heterocycles. The smallest absolute Gasteiger partial charge is 0.312 e. The standard InChI is InChI=1S/C46H84N2O14/c1-27(2)43(13,39(55)59-23-19-49)31(9)35(32(10)44(14,28(3)4)40(56)60-24-20-50)37(53)47-17-18-48-38(54)36(33(11)45(15,29(5)6)41(57)61-25-21-51)34(12)46(16,30(7)8)42(58)62-26-22-52/h27-36,49-52H,17-26H2,1-16H3,(H,47,53)(H,48,54). The first-order chi connectivity index (χ1) is 28.6. The molecule has 0 heterocycles.